The first kappa shape index (κ1) is 18.1. The molecule has 0 aliphatic heterocycles. The number of carbonyl (C=O) groups is 1. The topological polar surface area (TPSA) is 67.8 Å². The minimum Gasteiger partial charge on any atom is -0.465 e. The fraction of sp³-hybridized carbons (Fsp3) is 0.812. The van der Waals surface area contributed by atoms with E-state index in [1.165, 1.54) is 0 Å². The van der Waals surface area contributed by atoms with Gasteiger partial charge < -0.3 is 19.9 Å². The molecule has 0 aromatic rings. The number of aliphatic hydroxyl groups is 1. The SMILES string of the molecule is CCOC(=O)C(C)NCC(O)COCC1CC=CCC1C. The van der Waals surface area contributed by atoms with Gasteiger partial charge >= 0.3 is 5.97 Å². The number of carbonyl (C=O) groups excluding carboxylic acids is 1. The molecule has 21 heavy (non-hydrogen) atoms. The summed E-state index contributed by atoms with van der Waals surface area (Å²) in [5.74, 6) is 0.871. The monoisotopic (exact) mass is 299 g/mol. The van der Waals surface area contributed by atoms with Gasteiger partial charge in [0.2, 0.25) is 0 Å². The summed E-state index contributed by atoms with van der Waals surface area (Å²) in [4.78, 5) is 11.4. The summed E-state index contributed by atoms with van der Waals surface area (Å²) in [6.45, 7) is 7.38. The van der Waals surface area contributed by atoms with E-state index < -0.39 is 12.1 Å². The Kier molecular flexibility index (Phi) is 8.57. The molecule has 5 nitrogen and oxygen atoms in total. The van der Waals surface area contributed by atoms with Crippen LogP contribution in [0.25, 0.3) is 0 Å². The lowest BCUT2D eigenvalue weighted by molar-refractivity contribution is -0.145. The van der Waals surface area contributed by atoms with Crippen LogP contribution in [0.1, 0.15) is 33.6 Å². The minimum atomic E-state index is -0.615. The number of ether oxygens (including phenoxy) is 2. The zero-order valence-electron chi connectivity index (χ0n) is 13.4. The summed E-state index contributed by atoms with van der Waals surface area (Å²) in [7, 11) is 0. The molecule has 0 aromatic carbocycles. The fourth-order valence-corrected chi connectivity index (χ4v) is 2.32. The molecule has 0 amide bonds. The number of rotatable bonds is 9. The van der Waals surface area contributed by atoms with Crippen LogP contribution >= 0.6 is 0 Å². The Hall–Kier alpha value is -0.910. The number of hydrogen-bond acceptors (Lipinski definition) is 5. The van der Waals surface area contributed by atoms with Crippen molar-refractivity contribution in [3.63, 3.8) is 0 Å². The first-order chi connectivity index (χ1) is 10.0. The maximum atomic E-state index is 11.4. The Labute approximate surface area is 127 Å². The Morgan fingerprint density at radius 2 is 2.14 bits per heavy atom. The average Bonchev–Trinajstić information content (AvgIpc) is 2.47. The normalized spacial score (nSPS) is 24.6. The standard InChI is InChI=1S/C16H29NO4/c1-4-21-16(19)13(3)17-9-15(18)11-20-10-14-8-6-5-7-12(14)2/h5-6,12-15,17-18H,4,7-11H2,1-3H3. The smallest absolute Gasteiger partial charge is 0.322 e. The van der Waals surface area contributed by atoms with Gasteiger partial charge in [-0.3, -0.25) is 4.79 Å². The van der Waals surface area contributed by atoms with Gasteiger partial charge in [0.1, 0.15) is 6.04 Å². The molecule has 0 bridgehead atoms. The highest BCUT2D eigenvalue weighted by molar-refractivity contribution is 5.75. The van der Waals surface area contributed by atoms with E-state index >= 15 is 0 Å². The second-order valence-electron chi connectivity index (χ2n) is 5.75. The summed E-state index contributed by atoms with van der Waals surface area (Å²) in [6, 6.07) is -0.414. The lowest BCUT2D eigenvalue weighted by atomic mass is 9.85. The largest absolute Gasteiger partial charge is 0.465 e. The fourth-order valence-electron chi connectivity index (χ4n) is 2.32. The molecule has 1 rings (SSSR count). The minimum absolute atomic E-state index is 0.287. The first-order valence-corrected chi connectivity index (χ1v) is 7.85. The predicted octanol–water partition coefficient (Wildman–Crippen LogP) is 1.51. The van der Waals surface area contributed by atoms with E-state index in [2.05, 4.69) is 24.4 Å². The number of esters is 1. The molecule has 4 atom stereocenters. The van der Waals surface area contributed by atoms with Crippen molar-refractivity contribution in [3.05, 3.63) is 12.2 Å². The van der Waals surface area contributed by atoms with E-state index in [9.17, 15) is 9.90 Å². The van der Waals surface area contributed by atoms with Gasteiger partial charge in [0.05, 0.1) is 25.9 Å². The van der Waals surface area contributed by atoms with Crippen LogP contribution in [0.5, 0.6) is 0 Å². The van der Waals surface area contributed by atoms with E-state index in [1.54, 1.807) is 13.8 Å². The summed E-state index contributed by atoms with van der Waals surface area (Å²) in [5.41, 5.74) is 0. The van der Waals surface area contributed by atoms with Crippen molar-refractivity contribution < 1.29 is 19.4 Å². The van der Waals surface area contributed by atoms with E-state index in [4.69, 9.17) is 9.47 Å². The van der Waals surface area contributed by atoms with Crippen LogP contribution in [-0.2, 0) is 14.3 Å². The predicted molar refractivity (Wildman–Crippen MR) is 82.0 cm³/mol. The maximum Gasteiger partial charge on any atom is 0.322 e. The van der Waals surface area contributed by atoms with Crippen molar-refractivity contribution in [1.82, 2.24) is 5.32 Å². The zero-order valence-corrected chi connectivity index (χ0v) is 13.4. The molecule has 2 N–H and O–H groups in total. The third kappa shape index (κ3) is 7.07. The molecule has 0 aromatic heterocycles. The molecule has 4 unspecified atom stereocenters. The highest BCUT2D eigenvalue weighted by Gasteiger charge is 2.19. The van der Waals surface area contributed by atoms with Crippen LogP contribution in [0.15, 0.2) is 12.2 Å². The van der Waals surface area contributed by atoms with Gasteiger partial charge in [0, 0.05) is 6.54 Å². The molecular weight excluding hydrogens is 270 g/mol. The number of hydrogen-bond donors (Lipinski definition) is 2. The Morgan fingerprint density at radius 1 is 1.43 bits per heavy atom. The molecule has 0 saturated heterocycles. The third-order valence-electron chi connectivity index (χ3n) is 3.86. The van der Waals surface area contributed by atoms with E-state index in [-0.39, 0.29) is 12.6 Å². The number of nitrogens with one attached hydrogen (secondary N) is 1. The molecular formula is C16H29NO4. The molecule has 0 fully saturated rings. The van der Waals surface area contributed by atoms with Gasteiger partial charge in [-0.15, -0.1) is 0 Å². The Balaban J connectivity index is 2.12. The average molecular weight is 299 g/mol. The second kappa shape index (κ2) is 9.92. The molecule has 0 radical (unpaired) electrons. The van der Waals surface area contributed by atoms with Crippen molar-refractivity contribution in [3.8, 4) is 0 Å². The van der Waals surface area contributed by atoms with Crippen molar-refractivity contribution >= 4 is 5.97 Å². The third-order valence-corrected chi connectivity index (χ3v) is 3.86. The van der Waals surface area contributed by atoms with Crippen LogP contribution in [0.4, 0.5) is 0 Å². The number of aliphatic hydroxyl groups excluding tert-OH is 1. The highest BCUT2D eigenvalue weighted by atomic mass is 16.5. The van der Waals surface area contributed by atoms with Gasteiger partial charge in [-0.05, 0) is 38.5 Å². The first-order valence-electron chi connectivity index (χ1n) is 7.85. The van der Waals surface area contributed by atoms with Crippen molar-refractivity contribution in [2.75, 3.05) is 26.4 Å². The second-order valence-corrected chi connectivity index (χ2v) is 5.75. The van der Waals surface area contributed by atoms with Gasteiger partial charge in [0.15, 0.2) is 0 Å². The molecule has 5 heteroatoms. The van der Waals surface area contributed by atoms with E-state index in [1.807, 2.05) is 0 Å². The van der Waals surface area contributed by atoms with Crippen molar-refractivity contribution in [2.45, 2.75) is 45.8 Å². The van der Waals surface area contributed by atoms with Crippen LogP contribution in [0.3, 0.4) is 0 Å². The highest BCUT2D eigenvalue weighted by Crippen LogP contribution is 2.24. The Morgan fingerprint density at radius 3 is 2.81 bits per heavy atom. The number of allylic oxidation sites excluding steroid dienone is 2. The van der Waals surface area contributed by atoms with Gasteiger partial charge in [0.25, 0.3) is 0 Å². The molecule has 0 heterocycles. The van der Waals surface area contributed by atoms with E-state index in [0.717, 1.165) is 12.8 Å². The molecule has 0 spiro atoms. The molecule has 0 saturated carbocycles. The summed E-state index contributed by atoms with van der Waals surface area (Å²) in [5, 5.41) is 12.8. The van der Waals surface area contributed by atoms with Crippen LogP contribution in [0, 0.1) is 11.8 Å². The molecule has 1 aliphatic carbocycles. The maximum absolute atomic E-state index is 11.4. The summed E-state index contributed by atoms with van der Waals surface area (Å²) in [6.07, 6.45) is 5.96. The quantitative estimate of drug-likeness (QED) is 0.499. The van der Waals surface area contributed by atoms with Crippen LogP contribution in [0.2, 0.25) is 0 Å². The zero-order chi connectivity index (χ0) is 15.7. The lowest BCUT2D eigenvalue weighted by Gasteiger charge is -2.25. The lowest BCUT2D eigenvalue weighted by Crippen LogP contribution is -2.41. The van der Waals surface area contributed by atoms with Crippen LogP contribution < -0.4 is 5.32 Å². The van der Waals surface area contributed by atoms with Gasteiger partial charge in [-0.25, -0.2) is 0 Å². The Bertz CT molecular complexity index is 332. The van der Waals surface area contributed by atoms with Crippen molar-refractivity contribution in [1.29, 1.82) is 0 Å². The van der Waals surface area contributed by atoms with Crippen LogP contribution in [-0.4, -0.2) is 49.6 Å². The summed E-state index contributed by atoms with van der Waals surface area (Å²) < 4.78 is 10.5. The molecule has 122 valence electrons. The van der Waals surface area contributed by atoms with E-state index in [0.29, 0.717) is 31.6 Å². The van der Waals surface area contributed by atoms with Gasteiger partial charge in [-0.1, -0.05) is 19.1 Å². The summed E-state index contributed by atoms with van der Waals surface area (Å²) >= 11 is 0. The van der Waals surface area contributed by atoms with Crippen molar-refractivity contribution in [2.24, 2.45) is 11.8 Å². The van der Waals surface area contributed by atoms with Gasteiger partial charge in [-0.2, -0.15) is 0 Å². The molecule has 1 aliphatic rings.